The minimum atomic E-state index is -0.295. The predicted octanol–water partition coefficient (Wildman–Crippen LogP) is 4.98. The maximum absolute atomic E-state index is 12.2. The zero-order valence-electron chi connectivity index (χ0n) is 17.7. The van der Waals surface area contributed by atoms with E-state index in [4.69, 9.17) is 15.5 Å². The number of aryl methyl sites for hydroxylation is 1. The Labute approximate surface area is 201 Å². The van der Waals surface area contributed by atoms with Gasteiger partial charge in [0.15, 0.2) is 0 Å². The Kier molecular flexibility index (Phi) is 7.67. The molecule has 0 aliphatic rings. The highest BCUT2D eigenvalue weighted by molar-refractivity contribution is 9.10. The van der Waals surface area contributed by atoms with Gasteiger partial charge in [-0.2, -0.15) is 0 Å². The van der Waals surface area contributed by atoms with Crippen molar-refractivity contribution in [2.45, 2.75) is 20.4 Å². The number of carbonyl (C=O) groups excluding carboxylic acids is 1. The molecule has 0 aliphatic heterocycles. The number of aromatic nitrogens is 3. The van der Waals surface area contributed by atoms with Gasteiger partial charge < -0.3 is 25.7 Å². The number of amides is 1. The third-order valence-electron chi connectivity index (χ3n) is 4.74. The van der Waals surface area contributed by atoms with Crippen LogP contribution in [-0.4, -0.2) is 33.0 Å². The van der Waals surface area contributed by atoms with E-state index in [1.165, 1.54) is 6.20 Å². The number of halogens is 1. The molecule has 8 nitrogen and oxygen atoms in total. The molecule has 0 saturated heterocycles. The number of fused-ring (bicyclic) bond motifs is 1. The molecule has 0 unspecified atom stereocenters. The molecule has 172 valence electrons. The summed E-state index contributed by atoms with van der Waals surface area (Å²) in [5.41, 5.74) is 8.64. The maximum Gasteiger partial charge on any atom is 0.270 e. The molecule has 0 aliphatic carbocycles. The highest BCUT2D eigenvalue weighted by Crippen LogP contribution is 2.28. The van der Waals surface area contributed by atoms with Crippen molar-refractivity contribution in [1.29, 1.82) is 0 Å². The molecular formula is C24H27BrN6O2. The van der Waals surface area contributed by atoms with Crippen LogP contribution in [0.5, 0.6) is 11.5 Å². The monoisotopic (exact) mass is 510 g/mol. The van der Waals surface area contributed by atoms with Gasteiger partial charge in [-0.1, -0.05) is 23.4 Å². The number of nitrogens with two attached hydrogens (primary N) is 1. The van der Waals surface area contributed by atoms with E-state index in [2.05, 4.69) is 31.5 Å². The maximum atomic E-state index is 12.2. The van der Waals surface area contributed by atoms with Crippen molar-refractivity contribution < 1.29 is 9.53 Å². The number of imidazole rings is 1. The smallest absolute Gasteiger partial charge is 0.270 e. The van der Waals surface area contributed by atoms with E-state index < -0.39 is 0 Å². The highest BCUT2D eigenvalue weighted by Gasteiger charge is 2.12. The van der Waals surface area contributed by atoms with Crippen LogP contribution in [0, 0.1) is 0 Å². The Bertz CT molecular complexity index is 1250. The number of benzene rings is 2. The lowest BCUT2D eigenvalue weighted by molar-refractivity contribution is 0.0946. The van der Waals surface area contributed by atoms with Crippen molar-refractivity contribution in [3.8, 4) is 11.5 Å². The number of hydrogen-bond donors (Lipinski definition) is 3. The Morgan fingerprint density at radius 3 is 2.61 bits per heavy atom. The Hall–Kier alpha value is -3.43. The number of rotatable bonds is 7. The molecular weight excluding hydrogens is 484 g/mol. The van der Waals surface area contributed by atoms with Crippen LogP contribution in [0.25, 0.3) is 11.0 Å². The average molecular weight is 511 g/mol. The first-order valence-electron chi connectivity index (χ1n) is 10.1. The Morgan fingerprint density at radius 2 is 1.88 bits per heavy atom. The van der Waals surface area contributed by atoms with Gasteiger partial charge in [-0.25, -0.2) is 4.98 Å². The van der Waals surface area contributed by atoms with Crippen LogP contribution in [0.3, 0.4) is 0 Å². The van der Waals surface area contributed by atoms with Gasteiger partial charge in [0.05, 0.1) is 11.0 Å². The molecule has 2 aromatic carbocycles. The summed E-state index contributed by atoms with van der Waals surface area (Å²) in [6.07, 6.45) is 1.54. The van der Waals surface area contributed by atoms with Gasteiger partial charge in [0.2, 0.25) is 5.95 Å². The minimum absolute atomic E-state index is 0. The molecule has 4 rings (SSSR count). The second-order valence-corrected chi connectivity index (χ2v) is 8.36. The number of nitrogens with one attached hydrogen (secondary N) is 2. The fraction of sp³-hybridized carbons (Fsp3) is 0.208. The van der Waals surface area contributed by atoms with Crippen molar-refractivity contribution in [3.63, 3.8) is 0 Å². The van der Waals surface area contributed by atoms with Crippen LogP contribution in [0.2, 0.25) is 0 Å². The lowest BCUT2D eigenvalue weighted by Crippen LogP contribution is -2.35. The summed E-state index contributed by atoms with van der Waals surface area (Å²) in [4.78, 5) is 21.0. The second-order valence-electron chi connectivity index (χ2n) is 7.44. The van der Waals surface area contributed by atoms with E-state index in [9.17, 15) is 4.79 Å². The van der Waals surface area contributed by atoms with Crippen LogP contribution in [-0.2, 0) is 7.05 Å². The van der Waals surface area contributed by atoms with Crippen LogP contribution in [0.4, 0.5) is 11.6 Å². The van der Waals surface area contributed by atoms with Gasteiger partial charge in [0, 0.05) is 48.1 Å². The molecule has 4 N–H and O–H groups in total. The summed E-state index contributed by atoms with van der Waals surface area (Å²) in [5.74, 6) is 1.54. The normalized spacial score (nSPS) is 11.5. The predicted molar refractivity (Wildman–Crippen MR) is 135 cm³/mol. The summed E-state index contributed by atoms with van der Waals surface area (Å²) in [7, 11) is 1.95. The van der Waals surface area contributed by atoms with Gasteiger partial charge in [-0.3, -0.25) is 9.78 Å². The van der Waals surface area contributed by atoms with Gasteiger partial charge in [0.1, 0.15) is 17.2 Å². The first kappa shape index (κ1) is 24.2. The van der Waals surface area contributed by atoms with Crippen molar-refractivity contribution in [2.24, 2.45) is 12.8 Å². The van der Waals surface area contributed by atoms with Crippen molar-refractivity contribution in [1.82, 2.24) is 19.9 Å². The summed E-state index contributed by atoms with van der Waals surface area (Å²) in [5, 5.41) is 6.07. The largest absolute Gasteiger partial charge is 0.457 e. The van der Waals surface area contributed by atoms with Gasteiger partial charge in [-0.05, 0) is 49.4 Å². The van der Waals surface area contributed by atoms with Crippen LogP contribution in [0.1, 0.15) is 24.8 Å². The minimum Gasteiger partial charge on any atom is -0.457 e. The molecule has 4 aromatic rings. The number of hydrogen-bond acceptors (Lipinski definition) is 6. The van der Waals surface area contributed by atoms with E-state index in [0.29, 0.717) is 18.0 Å². The van der Waals surface area contributed by atoms with E-state index in [1.807, 2.05) is 61.0 Å². The summed E-state index contributed by atoms with van der Waals surface area (Å²) in [6, 6.07) is 16.7. The van der Waals surface area contributed by atoms with Crippen LogP contribution in [0.15, 0.2) is 65.3 Å². The standard InChI is InChI=1S/C23H23BrN6O2.CH4/c1-14(25)13-27-22(31)20-12-18(9-10-26-20)32-17-7-8-21-19(11-17)29-23(30(21)2)28-16-5-3-15(24)4-6-16;/h3-12,14H,13,25H2,1-2H3,(H,27,31)(H,28,29);1H4/t14-;/m1./s1. The van der Waals surface area contributed by atoms with Gasteiger partial charge >= 0.3 is 0 Å². The molecule has 1 atom stereocenters. The van der Waals surface area contributed by atoms with Crippen molar-refractivity contribution >= 4 is 44.5 Å². The van der Waals surface area contributed by atoms with Crippen LogP contribution >= 0.6 is 15.9 Å². The van der Waals surface area contributed by atoms with Gasteiger partial charge in [0.25, 0.3) is 5.91 Å². The van der Waals surface area contributed by atoms with E-state index in [1.54, 1.807) is 12.1 Å². The molecule has 0 saturated carbocycles. The number of anilines is 2. The third kappa shape index (κ3) is 5.88. The summed E-state index contributed by atoms with van der Waals surface area (Å²) in [6.45, 7) is 2.19. The molecule has 0 radical (unpaired) electrons. The third-order valence-corrected chi connectivity index (χ3v) is 5.27. The summed E-state index contributed by atoms with van der Waals surface area (Å²) >= 11 is 3.44. The number of nitrogens with zero attached hydrogens (tertiary/aromatic N) is 3. The topological polar surface area (TPSA) is 107 Å². The molecule has 0 fully saturated rings. The number of pyridine rings is 1. The zero-order valence-corrected chi connectivity index (χ0v) is 19.3. The molecule has 1 amide bonds. The first-order chi connectivity index (χ1) is 15.4. The van der Waals surface area contributed by atoms with Crippen molar-refractivity contribution in [3.05, 3.63) is 71.0 Å². The SMILES string of the molecule is C.C[C@@H](N)CNC(=O)c1cc(Oc2ccc3c(c2)nc(Nc2ccc(Br)cc2)n3C)ccn1. The number of ether oxygens (including phenoxy) is 1. The van der Waals surface area contributed by atoms with Crippen LogP contribution < -0.4 is 21.1 Å². The average Bonchev–Trinajstić information content (AvgIpc) is 3.08. The molecule has 0 spiro atoms. The van der Waals surface area contributed by atoms with Gasteiger partial charge in [-0.15, -0.1) is 0 Å². The second kappa shape index (κ2) is 10.5. The highest BCUT2D eigenvalue weighted by atomic mass is 79.9. The van der Waals surface area contributed by atoms with E-state index >= 15 is 0 Å². The Morgan fingerprint density at radius 1 is 1.15 bits per heavy atom. The molecule has 9 heteroatoms. The summed E-state index contributed by atoms with van der Waals surface area (Å²) < 4.78 is 8.96. The molecule has 2 aromatic heterocycles. The lowest BCUT2D eigenvalue weighted by Gasteiger charge is -2.09. The molecule has 33 heavy (non-hydrogen) atoms. The quantitative estimate of drug-likeness (QED) is 0.323. The van der Waals surface area contributed by atoms with E-state index in [-0.39, 0.29) is 25.1 Å². The van der Waals surface area contributed by atoms with Crippen molar-refractivity contribution in [2.75, 3.05) is 11.9 Å². The fourth-order valence-electron chi connectivity index (χ4n) is 3.10. The fourth-order valence-corrected chi connectivity index (χ4v) is 3.36. The zero-order chi connectivity index (χ0) is 22.7. The molecule has 2 heterocycles. The lowest BCUT2D eigenvalue weighted by atomic mass is 10.3. The Balaban J connectivity index is 0.00000306. The number of carbonyl (C=O) groups is 1. The molecule has 0 bridgehead atoms. The van der Waals surface area contributed by atoms with E-state index in [0.717, 1.165) is 27.1 Å². The first-order valence-corrected chi connectivity index (χ1v) is 10.8.